The highest BCUT2D eigenvalue weighted by atomic mass is 15.2. The van der Waals surface area contributed by atoms with Gasteiger partial charge in [0.15, 0.2) is 5.69 Å². The van der Waals surface area contributed by atoms with Gasteiger partial charge in [-0.1, -0.05) is 18.2 Å². The van der Waals surface area contributed by atoms with Gasteiger partial charge in [-0.15, -0.1) is 0 Å². The zero-order chi connectivity index (χ0) is 12.3. The first-order valence-electron chi connectivity index (χ1n) is 6.32. The number of pyridine rings is 1. The maximum absolute atomic E-state index is 2.41. The van der Waals surface area contributed by atoms with Crippen LogP contribution in [0.5, 0.6) is 0 Å². The van der Waals surface area contributed by atoms with Crippen LogP contribution in [0.15, 0.2) is 42.5 Å². The van der Waals surface area contributed by atoms with Crippen molar-refractivity contribution in [2.24, 2.45) is 0 Å². The topological polar surface area (TPSA) is 7.12 Å². The van der Waals surface area contributed by atoms with E-state index in [9.17, 15) is 0 Å². The summed E-state index contributed by atoms with van der Waals surface area (Å²) in [6.07, 6.45) is 0. The van der Waals surface area contributed by atoms with E-state index in [1.807, 2.05) is 0 Å². The fraction of sp³-hybridized carbons (Fsp3) is 0.188. The van der Waals surface area contributed by atoms with Crippen molar-refractivity contribution in [2.45, 2.75) is 13.6 Å². The van der Waals surface area contributed by atoms with Gasteiger partial charge in [0.1, 0.15) is 0 Å². The molecule has 0 N–H and O–H groups in total. The molecule has 0 fully saturated rings. The third kappa shape index (κ3) is 1.10. The molecule has 1 aliphatic rings. The standard InChI is InChI=1S/C16H15N2/c1-11-6-7-13-9-8-12-4-3-5-14-15(12)16(13)18(11)10-17(14)2/h3-9H,10H2,1-2H3/q+1. The molecule has 3 aromatic rings. The predicted octanol–water partition coefficient (Wildman–Crippen LogP) is 3.00. The van der Waals surface area contributed by atoms with Crippen molar-refractivity contribution in [2.75, 3.05) is 11.9 Å². The van der Waals surface area contributed by atoms with Crippen LogP contribution in [-0.4, -0.2) is 7.05 Å². The van der Waals surface area contributed by atoms with Crippen molar-refractivity contribution < 1.29 is 4.57 Å². The zero-order valence-electron chi connectivity index (χ0n) is 10.6. The first-order valence-corrected chi connectivity index (χ1v) is 6.32. The second-order valence-corrected chi connectivity index (χ2v) is 5.12. The third-order valence-corrected chi connectivity index (χ3v) is 3.99. The van der Waals surface area contributed by atoms with Gasteiger partial charge in [-0.05, 0) is 23.6 Å². The molecule has 1 aromatic heterocycles. The number of hydrogen-bond acceptors (Lipinski definition) is 1. The molecular formula is C16H15N2+. The fourth-order valence-electron chi connectivity index (χ4n) is 3.05. The van der Waals surface area contributed by atoms with E-state index in [1.54, 1.807) is 0 Å². The summed E-state index contributed by atoms with van der Waals surface area (Å²) < 4.78 is 2.41. The quantitative estimate of drug-likeness (QED) is 0.429. The second kappa shape index (κ2) is 3.22. The van der Waals surface area contributed by atoms with Gasteiger partial charge in [-0.25, -0.2) is 0 Å². The van der Waals surface area contributed by atoms with Gasteiger partial charge < -0.3 is 4.90 Å². The Kier molecular flexibility index (Phi) is 1.77. The summed E-state index contributed by atoms with van der Waals surface area (Å²) in [5, 5.41) is 4.03. The number of benzene rings is 2. The lowest BCUT2D eigenvalue weighted by Gasteiger charge is -2.24. The number of hydrogen-bond donors (Lipinski definition) is 0. The van der Waals surface area contributed by atoms with Gasteiger partial charge >= 0.3 is 0 Å². The van der Waals surface area contributed by atoms with E-state index < -0.39 is 0 Å². The summed E-state index contributed by atoms with van der Waals surface area (Å²) in [5.74, 6) is 0. The second-order valence-electron chi connectivity index (χ2n) is 5.12. The molecule has 2 heterocycles. The van der Waals surface area contributed by atoms with Crippen LogP contribution in [0.2, 0.25) is 0 Å². The lowest BCUT2D eigenvalue weighted by atomic mass is 10.0. The van der Waals surface area contributed by atoms with Crippen LogP contribution < -0.4 is 9.47 Å². The van der Waals surface area contributed by atoms with Gasteiger partial charge in [0, 0.05) is 25.4 Å². The minimum Gasteiger partial charge on any atom is -0.319 e. The first-order chi connectivity index (χ1) is 8.75. The largest absolute Gasteiger partial charge is 0.319 e. The molecule has 0 amide bonds. The highest BCUT2D eigenvalue weighted by Crippen LogP contribution is 2.33. The maximum atomic E-state index is 2.41. The van der Waals surface area contributed by atoms with E-state index in [-0.39, 0.29) is 0 Å². The van der Waals surface area contributed by atoms with Crippen LogP contribution in [-0.2, 0) is 6.67 Å². The minimum absolute atomic E-state index is 0.930. The SMILES string of the molecule is Cc1ccc2ccc3cccc4c3c2[n+]1CN4C. The van der Waals surface area contributed by atoms with Gasteiger partial charge in [0.25, 0.3) is 0 Å². The molecule has 0 saturated carbocycles. The van der Waals surface area contributed by atoms with Crippen LogP contribution in [0.3, 0.4) is 0 Å². The lowest BCUT2D eigenvalue weighted by Crippen LogP contribution is -2.47. The first kappa shape index (κ1) is 9.89. The Bertz CT molecular complexity index is 790. The summed E-state index contributed by atoms with van der Waals surface area (Å²) >= 11 is 0. The number of rotatable bonds is 0. The Hall–Kier alpha value is -2.09. The lowest BCUT2D eigenvalue weighted by molar-refractivity contribution is -0.676. The monoisotopic (exact) mass is 235 g/mol. The summed E-state index contributed by atoms with van der Waals surface area (Å²) in [7, 11) is 2.16. The highest BCUT2D eigenvalue weighted by Gasteiger charge is 2.25. The molecule has 2 aromatic carbocycles. The number of anilines is 1. The molecule has 0 aliphatic carbocycles. The van der Waals surface area contributed by atoms with E-state index >= 15 is 0 Å². The van der Waals surface area contributed by atoms with Crippen molar-refractivity contribution in [1.82, 2.24) is 0 Å². The number of nitrogens with zero attached hydrogens (tertiary/aromatic N) is 2. The molecule has 0 saturated heterocycles. The van der Waals surface area contributed by atoms with E-state index in [4.69, 9.17) is 0 Å². The van der Waals surface area contributed by atoms with Crippen molar-refractivity contribution in [3.05, 3.63) is 48.2 Å². The van der Waals surface area contributed by atoms with E-state index in [0.29, 0.717) is 0 Å². The molecule has 2 heteroatoms. The van der Waals surface area contributed by atoms with Crippen LogP contribution in [0.4, 0.5) is 5.69 Å². The summed E-state index contributed by atoms with van der Waals surface area (Å²) in [4.78, 5) is 2.32. The molecule has 0 spiro atoms. The Labute approximate surface area is 106 Å². The molecule has 1 aliphatic heterocycles. The van der Waals surface area contributed by atoms with Crippen molar-refractivity contribution in [1.29, 1.82) is 0 Å². The average Bonchev–Trinajstić information content (AvgIpc) is 2.40. The van der Waals surface area contributed by atoms with Gasteiger partial charge in [-0.3, -0.25) is 0 Å². The molecule has 2 nitrogen and oxygen atoms in total. The van der Waals surface area contributed by atoms with Gasteiger partial charge in [0.2, 0.25) is 12.2 Å². The normalized spacial score (nSPS) is 13.8. The van der Waals surface area contributed by atoms with Crippen molar-refractivity contribution in [3.63, 3.8) is 0 Å². The summed E-state index contributed by atoms with van der Waals surface area (Å²) in [6, 6.07) is 15.4. The average molecular weight is 235 g/mol. The van der Waals surface area contributed by atoms with Gasteiger partial charge in [0.05, 0.1) is 11.1 Å². The van der Waals surface area contributed by atoms with Gasteiger partial charge in [-0.2, -0.15) is 4.57 Å². The predicted molar refractivity (Wildman–Crippen MR) is 74.8 cm³/mol. The molecule has 0 radical (unpaired) electrons. The Morgan fingerprint density at radius 1 is 1.00 bits per heavy atom. The minimum atomic E-state index is 0.930. The molecule has 0 unspecified atom stereocenters. The van der Waals surface area contributed by atoms with Crippen molar-refractivity contribution >= 4 is 27.4 Å². The number of aryl methyl sites for hydroxylation is 1. The highest BCUT2D eigenvalue weighted by molar-refractivity contribution is 6.10. The Morgan fingerprint density at radius 3 is 2.67 bits per heavy atom. The van der Waals surface area contributed by atoms with E-state index in [1.165, 1.54) is 33.1 Å². The number of aromatic nitrogens is 1. The summed E-state index contributed by atoms with van der Waals surface area (Å²) in [5.41, 5.74) is 4.03. The molecule has 0 atom stereocenters. The fourth-order valence-corrected chi connectivity index (χ4v) is 3.05. The third-order valence-electron chi connectivity index (χ3n) is 3.99. The zero-order valence-corrected chi connectivity index (χ0v) is 10.6. The van der Waals surface area contributed by atoms with Crippen LogP contribution in [0.1, 0.15) is 5.69 Å². The molecule has 0 bridgehead atoms. The Morgan fingerprint density at radius 2 is 1.78 bits per heavy atom. The van der Waals surface area contributed by atoms with Crippen LogP contribution in [0.25, 0.3) is 21.7 Å². The van der Waals surface area contributed by atoms with Crippen LogP contribution >= 0.6 is 0 Å². The van der Waals surface area contributed by atoms with E-state index in [0.717, 1.165) is 6.67 Å². The van der Waals surface area contributed by atoms with Crippen molar-refractivity contribution in [3.8, 4) is 0 Å². The summed E-state index contributed by atoms with van der Waals surface area (Å²) in [6.45, 7) is 3.11. The smallest absolute Gasteiger partial charge is 0.224 e. The van der Waals surface area contributed by atoms with E-state index in [2.05, 4.69) is 65.9 Å². The Balaban J connectivity index is 2.37. The molecule has 4 rings (SSSR count). The maximum Gasteiger partial charge on any atom is 0.224 e. The molecule has 18 heavy (non-hydrogen) atoms. The van der Waals surface area contributed by atoms with Crippen LogP contribution in [0, 0.1) is 6.92 Å². The molecule has 88 valence electrons. The molecular weight excluding hydrogens is 220 g/mol.